The lowest BCUT2D eigenvalue weighted by molar-refractivity contribution is 0.270. The average Bonchev–Trinajstić information content (AvgIpc) is 2.19. The maximum atomic E-state index is 11.9. The molecule has 0 aliphatic carbocycles. The average molecular weight is 218 g/mol. The van der Waals surface area contributed by atoms with Crippen molar-refractivity contribution in [1.29, 1.82) is 0 Å². The van der Waals surface area contributed by atoms with E-state index in [2.05, 4.69) is 5.32 Å². The molecule has 0 atom stereocenters. The highest BCUT2D eigenvalue weighted by atomic mass is 35.5. The zero-order valence-corrected chi connectivity index (χ0v) is 8.77. The molecule has 0 aromatic heterocycles. The Kier molecular flexibility index (Phi) is 4.70. The van der Waals surface area contributed by atoms with Crippen molar-refractivity contribution in [2.45, 2.75) is 6.54 Å². The van der Waals surface area contributed by atoms with Crippen LogP contribution in [0.4, 0.5) is 4.39 Å². The summed E-state index contributed by atoms with van der Waals surface area (Å²) < 4.78 is 17.1. The Labute approximate surface area is 88.0 Å². The molecular weight excluding hydrogens is 205 g/mol. The molecule has 0 amide bonds. The molecule has 1 rings (SSSR count). The van der Waals surface area contributed by atoms with Crippen molar-refractivity contribution in [2.75, 3.05) is 20.3 Å². The zero-order valence-electron chi connectivity index (χ0n) is 8.02. The summed E-state index contributed by atoms with van der Waals surface area (Å²) in [6, 6.07) is 5.36. The normalized spacial score (nSPS) is 10.2. The Morgan fingerprint density at radius 3 is 2.93 bits per heavy atom. The third-order valence-corrected chi connectivity index (χ3v) is 2.12. The monoisotopic (exact) mass is 217 g/mol. The minimum Gasteiger partial charge on any atom is -0.490 e. The van der Waals surface area contributed by atoms with Crippen LogP contribution in [0.2, 0.25) is 5.02 Å². The van der Waals surface area contributed by atoms with Crippen LogP contribution >= 0.6 is 11.6 Å². The van der Waals surface area contributed by atoms with Gasteiger partial charge < -0.3 is 10.1 Å². The second-order valence-corrected chi connectivity index (χ2v) is 3.19. The summed E-state index contributed by atoms with van der Waals surface area (Å²) in [5.41, 5.74) is 0.866. The van der Waals surface area contributed by atoms with Gasteiger partial charge in [-0.1, -0.05) is 17.7 Å². The van der Waals surface area contributed by atoms with E-state index in [-0.39, 0.29) is 6.61 Å². The van der Waals surface area contributed by atoms with Gasteiger partial charge in [-0.05, 0) is 19.2 Å². The molecular formula is C10H13ClFNO. The first kappa shape index (κ1) is 11.3. The van der Waals surface area contributed by atoms with E-state index in [9.17, 15) is 4.39 Å². The molecule has 14 heavy (non-hydrogen) atoms. The van der Waals surface area contributed by atoms with Crippen LogP contribution in [0, 0.1) is 0 Å². The molecule has 0 aliphatic heterocycles. The van der Waals surface area contributed by atoms with Crippen LogP contribution in [-0.2, 0) is 6.54 Å². The van der Waals surface area contributed by atoms with Crippen LogP contribution in [-0.4, -0.2) is 20.3 Å². The molecule has 0 fully saturated rings. The summed E-state index contributed by atoms with van der Waals surface area (Å²) in [6.07, 6.45) is 0. The lowest BCUT2D eigenvalue weighted by atomic mass is 10.2. The molecule has 78 valence electrons. The Balaban J connectivity index is 2.83. The van der Waals surface area contributed by atoms with E-state index in [1.807, 2.05) is 7.05 Å². The molecule has 0 bridgehead atoms. The molecule has 1 aromatic rings. The van der Waals surface area contributed by atoms with Crippen molar-refractivity contribution in [2.24, 2.45) is 0 Å². The van der Waals surface area contributed by atoms with E-state index in [4.69, 9.17) is 16.3 Å². The third-order valence-electron chi connectivity index (χ3n) is 1.76. The molecule has 0 radical (unpaired) electrons. The first-order valence-electron chi connectivity index (χ1n) is 4.40. The van der Waals surface area contributed by atoms with Gasteiger partial charge in [0.05, 0.1) is 0 Å². The van der Waals surface area contributed by atoms with Crippen molar-refractivity contribution < 1.29 is 9.13 Å². The van der Waals surface area contributed by atoms with Crippen LogP contribution in [0.25, 0.3) is 0 Å². The maximum absolute atomic E-state index is 11.9. The summed E-state index contributed by atoms with van der Waals surface area (Å²) in [4.78, 5) is 0. The predicted octanol–water partition coefficient (Wildman–Crippen LogP) is 2.41. The van der Waals surface area contributed by atoms with Crippen molar-refractivity contribution in [3.8, 4) is 5.75 Å². The Hall–Kier alpha value is -0.800. The van der Waals surface area contributed by atoms with E-state index in [1.165, 1.54) is 0 Å². The number of benzene rings is 1. The SMILES string of the molecule is CNCc1c(Cl)cccc1OCCF. The van der Waals surface area contributed by atoms with Crippen LogP contribution < -0.4 is 10.1 Å². The highest BCUT2D eigenvalue weighted by Crippen LogP contribution is 2.26. The van der Waals surface area contributed by atoms with Gasteiger partial charge in [0, 0.05) is 17.1 Å². The van der Waals surface area contributed by atoms with E-state index in [0.717, 1.165) is 5.56 Å². The molecule has 1 aromatic carbocycles. The molecule has 1 N–H and O–H groups in total. The Bertz CT molecular complexity index is 293. The molecule has 0 heterocycles. The quantitative estimate of drug-likeness (QED) is 0.818. The first-order valence-corrected chi connectivity index (χ1v) is 4.78. The lowest BCUT2D eigenvalue weighted by Gasteiger charge is -2.11. The second-order valence-electron chi connectivity index (χ2n) is 2.78. The smallest absolute Gasteiger partial charge is 0.125 e. The summed E-state index contributed by atoms with van der Waals surface area (Å²) in [6.45, 7) is 0.184. The van der Waals surface area contributed by atoms with Gasteiger partial charge in [-0.25, -0.2) is 4.39 Å². The van der Waals surface area contributed by atoms with Crippen molar-refractivity contribution in [3.63, 3.8) is 0 Å². The number of hydrogen-bond donors (Lipinski definition) is 1. The van der Waals surface area contributed by atoms with Gasteiger partial charge in [-0.15, -0.1) is 0 Å². The molecule has 0 saturated carbocycles. The fourth-order valence-corrected chi connectivity index (χ4v) is 1.40. The molecule has 0 spiro atoms. The van der Waals surface area contributed by atoms with E-state index < -0.39 is 6.67 Å². The number of nitrogens with one attached hydrogen (secondary N) is 1. The number of hydrogen-bond acceptors (Lipinski definition) is 2. The van der Waals surface area contributed by atoms with Gasteiger partial charge in [-0.3, -0.25) is 0 Å². The highest BCUT2D eigenvalue weighted by molar-refractivity contribution is 6.31. The van der Waals surface area contributed by atoms with Crippen LogP contribution in [0.3, 0.4) is 0 Å². The summed E-state index contributed by atoms with van der Waals surface area (Å²) in [7, 11) is 1.82. The fraction of sp³-hybridized carbons (Fsp3) is 0.400. The van der Waals surface area contributed by atoms with E-state index in [1.54, 1.807) is 18.2 Å². The van der Waals surface area contributed by atoms with Gasteiger partial charge >= 0.3 is 0 Å². The standard InChI is InChI=1S/C10H13ClFNO/c1-13-7-8-9(11)3-2-4-10(8)14-6-5-12/h2-4,13H,5-7H2,1H3. The molecule has 4 heteroatoms. The highest BCUT2D eigenvalue weighted by Gasteiger charge is 2.06. The Morgan fingerprint density at radius 2 is 2.29 bits per heavy atom. The van der Waals surface area contributed by atoms with Crippen molar-refractivity contribution in [3.05, 3.63) is 28.8 Å². The summed E-state index contributed by atoms with van der Waals surface area (Å²) in [5, 5.41) is 3.62. The minimum atomic E-state index is -0.495. The molecule has 0 unspecified atom stereocenters. The topological polar surface area (TPSA) is 21.3 Å². The van der Waals surface area contributed by atoms with Crippen LogP contribution in [0.1, 0.15) is 5.56 Å². The van der Waals surface area contributed by atoms with Crippen LogP contribution in [0.15, 0.2) is 18.2 Å². The largest absolute Gasteiger partial charge is 0.490 e. The molecule has 2 nitrogen and oxygen atoms in total. The lowest BCUT2D eigenvalue weighted by Crippen LogP contribution is -2.09. The van der Waals surface area contributed by atoms with Crippen molar-refractivity contribution in [1.82, 2.24) is 5.32 Å². The number of ether oxygens (including phenoxy) is 1. The van der Waals surface area contributed by atoms with Gasteiger partial charge in [-0.2, -0.15) is 0 Å². The van der Waals surface area contributed by atoms with Crippen molar-refractivity contribution >= 4 is 11.6 Å². The minimum absolute atomic E-state index is 0.0665. The van der Waals surface area contributed by atoms with Gasteiger partial charge in [0.1, 0.15) is 19.0 Å². The van der Waals surface area contributed by atoms with E-state index >= 15 is 0 Å². The number of halogens is 2. The molecule has 0 saturated heterocycles. The Morgan fingerprint density at radius 1 is 1.50 bits per heavy atom. The van der Waals surface area contributed by atoms with Gasteiger partial charge in [0.15, 0.2) is 0 Å². The molecule has 0 aliphatic rings. The van der Waals surface area contributed by atoms with Gasteiger partial charge in [0.25, 0.3) is 0 Å². The van der Waals surface area contributed by atoms with E-state index in [0.29, 0.717) is 17.3 Å². The van der Waals surface area contributed by atoms with Gasteiger partial charge in [0.2, 0.25) is 0 Å². The third kappa shape index (κ3) is 2.86. The second kappa shape index (κ2) is 5.83. The number of rotatable bonds is 5. The first-order chi connectivity index (χ1) is 6.79. The predicted molar refractivity (Wildman–Crippen MR) is 55.7 cm³/mol. The summed E-state index contributed by atoms with van der Waals surface area (Å²) in [5.74, 6) is 0.643. The van der Waals surface area contributed by atoms with Crippen LogP contribution in [0.5, 0.6) is 5.75 Å². The fourth-order valence-electron chi connectivity index (χ4n) is 1.17. The zero-order chi connectivity index (χ0) is 10.4. The summed E-state index contributed by atoms with van der Waals surface area (Å²) >= 11 is 5.97. The maximum Gasteiger partial charge on any atom is 0.125 e. The number of alkyl halides is 1.